The second-order valence-electron chi connectivity index (χ2n) is 9.45. The topological polar surface area (TPSA) is 156 Å². The van der Waals surface area contributed by atoms with Crippen LogP contribution in [0.5, 0.6) is 5.75 Å². The second-order valence-corrected chi connectivity index (χ2v) is 11.5. The van der Waals surface area contributed by atoms with Crippen molar-refractivity contribution in [2.45, 2.75) is 52.2 Å². The Morgan fingerprint density at radius 1 is 1.22 bits per heavy atom. The van der Waals surface area contributed by atoms with Gasteiger partial charge in [0.25, 0.3) is 0 Å². The molecule has 13 heteroatoms. The summed E-state index contributed by atoms with van der Waals surface area (Å²) in [6, 6.07) is 8.27. The second kappa shape index (κ2) is 11.9. The number of nitrogens with zero attached hydrogens (tertiary/aromatic N) is 4. The molecule has 0 bridgehead atoms. The van der Waals surface area contributed by atoms with Crippen molar-refractivity contribution in [2.75, 3.05) is 30.6 Å². The van der Waals surface area contributed by atoms with Gasteiger partial charge in [0.2, 0.25) is 5.95 Å². The zero-order valence-corrected chi connectivity index (χ0v) is 22.2. The van der Waals surface area contributed by atoms with Crippen molar-refractivity contribution in [3.8, 4) is 5.75 Å². The molecular formula is C24H34N7O5P. The molecular weight excluding hydrogens is 497 g/mol. The smallest absolute Gasteiger partial charge is 0.342 e. The number of nitrogen functional groups attached to an aromatic ring is 1. The monoisotopic (exact) mass is 531 g/mol. The summed E-state index contributed by atoms with van der Waals surface area (Å²) in [6.07, 6.45) is 3.56. The van der Waals surface area contributed by atoms with Gasteiger partial charge in [-0.2, -0.15) is 9.97 Å². The number of nitrogens with two attached hydrogens (primary N) is 1. The molecule has 1 fully saturated rings. The van der Waals surface area contributed by atoms with E-state index in [9.17, 15) is 9.36 Å². The van der Waals surface area contributed by atoms with Crippen LogP contribution >= 0.6 is 7.52 Å². The standard InChI is InChI=1S/C24H34N7O5P/c1-16(2)13-35-23(32)17(3)30-37(33,36-19-7-5-4-6-8-19)15-34-12-11-31-14-26-20-21(27-18-9-10-18)28-24(25)29-22(20)31/h4-8,14,16-18H,9-13,15H2,1-3H3,(H,30,33)(H3,25,27,28,29)/t17-,37?/m0/s1. The predicted molar refractivity (Wildman–Crippen MR) is 140 cm³/mol. The van der Waals surface area contributed by atoms with Crippen LogP contribution in [0.4, 0.5) is 11.8 Å². The SMILES string of the molecule is CC(C)COC(=O)[C@H](C)NP(=O)(COCCn1cnc2c(NC3CC3)nc(N)nc21)Oc1ccccc1. The van der Waals surface area contributed by atoms with Gasteiger partial charge in [0, 0.05) is 12.6 Å². The van der Waals surface area contributed by atoms with Gasteiger partial charge in [0.1, 0.15) is 18.1 Å². The summed E-state index contributed by atoms with van der Waals surface area (Å²) in [4.78, 5) is 25.4. The van der Waals surface area contributed by atoms with Crippen LogP contribution in [-0.4, -0.2) is 57.1 Å². The maximum Gasteiger partial charge on any atom is 0.342 e. The number of esters is 1. The first-order valence-electron chi connectivity index (χ1n) is 12.3. The Labute approximate surface area is 215 Å². The summed E-state index contributed by atoms with van der Waals surface area (Å²) >= 11 is 0. The molecule has 0 saturated heterocycles. The van der Waals surface area contributed by atoms with E-state index in [1.54, 1.807) is 42.1 Å². The molecule has 1 aliphatic carbocycles. The third-order valence-electron chi connectivity index (χ3n) is 5.44. The number of fused-ring (bicyclic) bond motifs is 1. The molecule has 1 saturated carbocycles. The van der Waals surface area contributed by atoms with Gasteiger partial charge in [-0.25, -0.2) is 10.1 Å². The highest BCUT2D eigenvalue weighted by atomic mass is 31.2. The Kier molecular flexibility index (Phi) is 8.63. The molecule has 2 heterocycles. The highest BCUT2D eigenvalue weighted by Gasteiger charge is 2.31. The fourth-order valence-corrected chi connectivity index (χ4v) is 5.16. The fraction of sp³-hybridized carbons (Fsp3) is 0.500. The minimum atomic E-state index is -3.63. The van der Waals surface area contributed by atoms with E-state index in [0.717, 1.165) is 12.8 Å². The number of imidazole rings is 1. The Morgan fingerprint density at radius 3 is 2.68 bits per heavy atom. The van der Waals surface area contributed by atoms with Crippen LogP contribution in [0, 0.1) is 5.92 Å². The van der Waals surface area contributed by atoms with Gasteiger partial charge >= 0.3 is 13.5 Å². The zero-order chi connectivity index (χ0) is 26.4. The van der Waals surface area contributed by atoms with Crippen molar-refractivity contribution in [3.05, 3.63) is 36.7 Å². The van der Waals surface area contributed by atoms with Crippen molar-refractivity contribution in [2.24, 2.45) is 5.92 Å². The van der Waals surface area contributed by atoms with Crippen LogP contribution in [0.2, 0.25) is 0 Å². The molecule has 0 spiro atoms. The Morgan fingerprint density at radius 2 is 1.97 bits per heavy atom. The third-order valence-corrected chi connectivity index (χ3v) is 7.24. The molecule has 1 aliphatic rings. The van der Waals surface area contributed by atoms with E-state index in [4.69, 9.17) is 19.7 Å². The number of hydrogen-bond acceptors (Lipinski definition) is 10. The molecule has 3 aromatic rings. The fourth-order valence-electron chi connectivity index (χ4n) is 3.46. The first-order chi connectivity index (χ1) is 17.7. The predicted octanol–water partition coefficient (Wildman–Crippen LogP) is 3.41. The highest BCUT2D eigenvalue weighted by Crippen LogP contribution is 2.43. The summed E-state index contributed by atoms with van der Waals surface area (Å²) in [5, 5.41) is 6.12. The quantitative estimate of drug-likeness (QED) is 0.159. The Hall–Kier alpha value is -3.21. The van der Waals surface area contributed by atoms with Crippen molar-refractivity contribution in [1.29, 1.82) is 0 Å². The summed E-state index contributed by atoms with van der Waals surface area (Å²) < 4.78 is 32.3. The number of para-hydroxylation sites is 1. The van der Waals surface area contributed by atoms with E-state index in [2.05, 4.69) is 25.4 Å². The lowest BCUT2D eigenvalue weighted by molar-refractivity contribution is -0.146. The molecule has 0 amide bonds. The molecule has 37 heavy (non-hydrogen) atoms. The molecule has 12 nitrogen and oxygen atoms in total. The van der Waals surface area contributed by atoms with Crippen molar-refractivity contribution >= 4 is 36.4 Å². The van der Waals surface area contributed by atoms with Gasteiger partial charge in [-0.15, -0.1) is 0 Å². The Balaban J connectivity index is 1.39. The van der Waals surface area contributed by atoms with Gasteiger partial charge in [-0.05, 0) is 37.8 Å². The lowest BCUT2D eigenvalue weighted by Crippen LogP contribution is -2.36. The van der Waals surface area contributed by atoms with Crippen molar-refractivity contribution < 1.29 is 23.4 Å². The van der Waals surface area contributed by atoms with E-state index in [-0.39, 0.29) is 31.4 Å². The number of hydrogen-bond donors (Lipinski definition) is 3. The number of carbonyl (C=O) groups excluding carboxylic acids is 1. The molecule has 1 aromatic carbocycles. The lowest BCUT2D eigenvalue weighted by atomic mass is 10.2. The first-order valence-corrected chi connectivity index (χ1v) is 14.1. The summed E-state index contributed by atoms with van der Waals surface area (Å²) in [6.45, 7) is 6.31. The number of ether oxygens (including phenoxy) is 2. The van der Waals surface area contributed by atoms with E-state index < -0.39 is 19.5 Å². The number of nitrogens with one attached hydrogen (secondary N) is 2. The van der Waals surface area contributed by atoms with Crippen LogP contribution in [0.15, 0.2) is 36.7 Å². The number of rotatable bonds is 14. The number of aromatic nitrogens is 4. The number of anilines is 2. The first kappa shape index (κ1) is 26.8. The zero-order valence-electron chi connectivity index (χ0n) is 21.3. The maximum absolute atomic E-state index is 13.7. The Bertz CT molecular complexity index is 1250. The minimum Gasteiger partial charge on any atom is -0.464 e. The average Bonchev–Trinajstić information content (AvgIpc) is 3.58. The average molecular weight is 532 g/mol. The van der Waals surface area contributed by atoms with Crippen LogP contribution in [-0.2, 0) is 25.4 Å². The third kappa shape index (κ3) is 7.64. The summed E-state index contributed by atoms with van der Waals surface area (Å²) in [7, 11) is -3.63. The van der Waals surface area contributed by atoms with E-state index in [1.807, 2.05) is 19.9 Å². The van der Waals surface area contributed by atoms with Crippen LogP contribution in [0.3, 0.4) is 0 Å². The van der Waals surface area contributed by atoms with Gasteiger partial charge in [-0.3, -0.25) is 9.36 Å². The van der Waals surface area contributed by atoms with Crippen LogP contribution < -0.4 is 20.7 Å². The van der Waals surface area contributed by atoms with Crippen molar-refractivity contribution in [3.63, 3.8) is 0 Å². The van der Waals surface area contributed by atoms with E-state index in [1.165, 1.54) is 0 Å². The van der Waals surface area contributed by atoms with Gasteiger partial charge in [0.05, 0.1) is 19.5 Å². The molecule has 0 radical (unpaired) electrons. The summed E-state index contributed by atoms with van der Waals surface area (Å²) in [5.41, 5.74) is 7.13. The number of carbonyl (C=O) groups is 1. The summed E-state index contributed by atoms with van der Waals surface area (Å²) in [5.74, 6) is 0.846. The minimum absolute atomic E-state index is 0.154. The van der Waals surface area contributed by atoms with Gasteiger partial charge < -0.3 is 29.6 Å². The molecule has 1 unspecified atom stereocenters. The largest absolute Gasteiger partial charge is 0.464 e. The molecule has 0 aliphatic heterocycles. The van der Waals surface area contributed by atoms with Crippen LogP contribution in [0.1, 0.15) is 33.6 Å². The molecule has 2 atom stereocenters. The molecule has 2 aromatic heterocycles. The molecule has 4 N–H and O–H groups in total. The van der Waals surface area contributed by atoms with Gasteiger partial charge in [0.15, 0.2) is 17.0 Å². The van der Waals surface area contributed by atoms with E-state index >= 15 is 0 Å². The van der Waals surface area contributed by atoms with Crippen LogP contribution in [0.25, 0.3) is 11.2 Å². The van der Waals surface area contributed by atoms with Gasteiger partial charge in [-0.1, -0.05) is 32.0 Å². The molecule has 4 rings (SSSR count). The maximum atomic E-state index is 13.7. The lowest BCUT2D eigenvalue weighted by Gasteiger charge is -2.23. The van der Waals surface area contributed by atoms with Crippen molar-refractivity contribution in [1.82, 2.24) is 24.6 Å². The van der Waals surface area contributed by atoms with E-state index in [0.29, 0.717) is 35.3 Å². The molecule has 200 valence electrons. The highest BCUT2D eigenvalue weighted by molar-refractivity contribution is 7.57. The number of benzene rings is 1. The normalized spacial score (nSPS) is 15.9.